The van der Waals surface area contributed by atoms with Crippen LogP contribution in [0.5, 0.6) is 0 Å². The van der Waals surface area contributed by atoms with Crippen molar-refractivity contribution >= 4 is 5.91 Å². The second-order valence-electron chi connectivity index (χ2n) is 5.58. The first-order valence-corrected chi connectivity index (χ1v) is 7.67. The zero-order chi connectivity index (χ0) is 14.8. The Hall–Kier alpha value is -1.35. The van der Waals surface area contributed by atoms with Crippen LogP contribution in [0.2, 0.25) is 0 Å². The Morgan fingerprint density at radius 1 is 1.10 bits per heavy atom. The fraction of sp³-hybridized carbons (Fsp3) is 0.588. The van der Waals surface area contributed by atoms with Gasteiger partial charge in [0, 0.05) is 19.0 Å². The summed E-state index contributed by atoms with van der Waals surface area (Å²) >= 11 is 0. The predicted molar refractivity (Wildman–Crippen MR) is 84.6 cm³/mol. The van der Waals surface area contributed by atoms with Crippen molar-refractivity contribution in [1.29, 1.82) is 0 Å². The molecule has 0 fully saturated rings. The summed E-state index contributed by atoms with van der Waals surface area (Å²) in [7, 11) is 0. The van der Waals surface area contributed by atoms with Crippen LogP contribution in [0.25, 0.3) is 0 Å². The number of nitrogens with one attached hydrogen (secondary N) is 2. The number of benzene rings is 1. The molecule has 112 valence electrons. The molecule has 0 aliphatic heterocycles. The van der Waals surface area contributed by atoms with E-state index in [1.54, 1.807) is 0 Å². The molecule has 3 nitrogen and oxygen atoms in total. The van der Waals surface area contributed by atoms with Crippen molar-refractivity contribution in [2.75, 3.05) is 19.6 Å². The summed E-state index contributed by atoms with van der Waals surface area (Å²) in [5.74, 6) is 0.560. The molecule has 1 rings (SSSR count). The molecule has 1 atom stereocenters. The number of amides is 1. The lowest BCUT2D eigenvalue weighted by molar-refractivity contribution is -0.126. The molecule has 1 amide bonds. The van der Waals surface area contributed by atoms with Gasteiger partial charge in [0.25, 0.3) is 0 Å². The largest absolute Gasteiger partial charge is 0.355 e. The molecule has 0 spiro atoms. The molecule has 0 aliphatic carbocycles. The van der Waals surface area contributed by atoms with Gasteiger partial charge in [0.05, 0.1) is 0 Å². The van der Waals surface area contributed by atoms with Crippen LogP contribution < -0.4 is 10.6 Å². The predicted octanol–water partition coefficient (Wildman–Crippen LogP) is 2.62. The molecule has 0 radical (unpaired) electrons. The molecule has 0 aliphatic rings. The Bertz CT molecular complexity index is 376. The molecule has 0 saturated heterocycles. The van der Waals surface area contributed by atoms with Gasteiger partial charge >= 0.3 is 0 Å². The van der Waals surface area contributed by atoms with E-state index in [-0.39, 0.29) is 11.8 Å². The van der Waals surface area contributed by atoms with Gasteiger partial charge < -0.3 is 10.6 Å². The quantitative estimate of drug-likeness (QED) is 0.681. The molecule has 1 unspecified atom stereocenters. The van der Waals surface area contributed by atoms with Crippen molar-refractivity contribution in [3.8, 4) is 0 Å². The summed E-state index contributed by atoms with van der Waals surface area (Å²) in [6.45, 7) is 8.92. The van der Waals surface area contributed by atoms with Gasteiger partial charge in [-0.1, -0.05) is 51.1 Å². The normalized spacial score (nSPS) is 12.4. The summed E-state index contributed by atoms with van der Waals surface area (Å²) in [6.07, 6.45) is 1.93. The van der Waals surface area contributed by atoms with Gasteiger partial charge in [0.1, 0.15) is 0 Å². The highest BCUT2D eigenvalue weighted by atomic mass is 16.1. The monoisotopic (exact) mass is 276 g/mol. The first-order valence-electron chi connectivity index (χ1n) is 7.67. The van der Waals surface area contributed by atoms with Gasteiger partial charge in [-0.05, 0) is 30.9 Å². The zero-order valence-electron chi connectivity index (χ0n) is 13.0. The molecule has 1 aromatic rings. The van der Waals surface area contributed by atoms with Gasteiger partial charge in [-0.3, -0.25) is 4.79 Å². The van der Waals surface area contributed by atoms with Crippen molar-refractivity contribution in [3.63, 3.8) is 0 Å². The molecule has 0 heterocycles. The third-order valence-corrected chi connectivity index (χ3v) is 3.47. The van der Waals surface area contributed by atoms with Crippen LogP contribution in [-0.2, 0) is 11.2 Å². The summed E-state index contributed by atoms with van der Waals surface area (Å²) in [5, 5.41) is 6.34. The topological polar surface area (TPSA) is 41.1 Å². The van der Waals surface area contributed by atoms with Crippen molar-refractivity contribution in [3.05, 3.63) is 35.9 Å². The van der Waals surface area contributed by atoms with Crippen molar-refractivity contribution in [1.82, 2.24) is 10.6 Å². The summed E-state index contributed by atoms with van der Waals surface area (Å²) in [6, 6.07) is 10.2. The van der Waals surface area contributed by atoms with E-state index in [9.17, 15) is 4.79 Å². The lowest BCUT2D eigenvalue weighted by atomic mass is 9.88. The Balaban J connectivity index is 2.43. The standard InChI is InChI=1S/C17H28N2O/c1-4-10-18-11-12-19-17(20)16(14(2)3)13-15-8-6-5-7-9-15/h5-9,14,16,18H,4,10-13H2,1-3H3,(H,19,20). The molecule has 1 aromatic carbocycles. The Morgan fingerprint density at radius 2 is 1.80 bits per heavy atom. The van der Waals surface area contributed by atoms with E-state index < -0.39 is 0 Å². The van der Waals surface area contributed by atoms with Gasteiger partial charge in [-0.15, -0.1) is 0 Å². The SMILES string of the molecule is CCCNCCNC(=O)C(Cc1ccccc1)C(C)C. The summed E-state index contributed by atoms with van der Waals surface area (Å²) in [5.41, 5.74) is 1.23. The van der Waals surface area contributed by atoms with E-state index in [0.29, 0.717) is 12.5 Å². The highest BCUT2D eigenvalue weighted by molar-refractivity contribution is 5.79. The van der Waals surface area contributed by atoms with E-state index in [1.165, 1.54) is 5.56 Å². The summed E-state index contributed by atoms with van der Waals surface area (Å²) in [4.78, 5) is 12.3. The first kappa shape index (κ1) is 16.7. The van der Waals surface area contributed by atoms with Crippen molar-refractivity contribution < 1.29 is 4.79 Å². The molecular weight excluding hydrogens is 248 g/mol. The van der Waals surface area contributed by atoms with Crippen LogP contribution in [0.1, 0.15) is 32.8 Å². The highest BCUT2D eigenvalue weighted by Crippen LogP contribution is 2.17. The Morgan fingerprint density at radius 3 is 2.40 bits per heavy atom. The average Bonchev–Trinajstić information content (AvgIpc) is 2.45. The van der Waals surface area contributed by atoms with E-state index in [4.69, 9.17) is 0 Å². The fourth-order valence-corrected chi connectivity index (χ4v) is 2.21. The average molecular weight is 276 g/mol. The highest BCUT2D eigenvalue weighted by Gasteiger charge is 2.21. The number of hydrogen-bond donors (Lipinski definition) is 2. The van der Waals surface area contributed by atoms with Crippen molar-refractivity contribution in [2.45, 2.75) is 33.6 Å². The Kier molecular flexibility index (Phi) is 7.97. The van der Waals surface area contributed by atoms with E-state index in [1.807, 2.05) is 18.2 Å². The molecule has 0 aromatic heterocycles. The van der Waals surface area contributed by atoms with E-state index >= 15 is 0 Å². The second-order valence-corrected chi connectivity index (χ2v) is 5.58. The summed E-state index contributed by atoms with van der Waals surface area (Å²) < 4.78 is 0. The van der Waals surface area contributed by atoms with Crippen LogP contribution in [-0.4, -0.2) is 25.5 Å². The minimum atomic E-state index is 0.0450. The molecular formula is C17H28N2O. The Labute approximate surface area is 123 Å². The fourth-order valence-electron chi connectivity index (χ4n) is 2.21. The van der Waals surface area contributed by atoms with Crippen LogP contribution in [0.15, 0.2) is 30.3 Å². The maximum atomic E-state index is 12.3. The van der Waals surface area contributed by atoms with Gasteiger partial charge in [0.2, 0.25) is 5.91 Å². The number of carbonyl (C=O) groups is 1. The van der Waals surface area contributed by atoms with Crippen LogP contribution >= 0.6 is 0 Å². The van der Waals surface area contributed by atoms with Crippen LogP contribution in [0.4, 0.5) is 0 Å². The minimum Gasteiger partial charge on any atom is -0.355 e. The number of hydrogen-bond acceptors (Lipinski definition) is 2. The van der Waals surface area contributed by atoms with Crippen LogP contribution in [0.3, 0.4) is 0 Å². The van der Waals surface area contributed by atoms with Gasteiger partial charge in [-0.2, -0.15) is 0 Å². The molecule has 2 N–H and O–H groups in total. The van der Waals surface area contributed by atoms with E-state index in [0.717, 1.165) is 25.9 Å². The second kappa shape index (κ2) is 9.54. The molecule has 3 heteroatoms. The van der Waals surface area contributed by atoms with E-state index in [2.05, 4.69) is 43.5 Å². The maximum Gasteiger partial charge on any atom is 0.223 e. The van der Waals surface area contributed by atoms with Crippen LogP contribution in [0, 0.1) is 11.8 Å². The minimum absolute atomic E-state index is 0.0450. The number of rotatable bonds is 9. The van der Waals surface area contributed by atoms with Gasteiger partial charge in [0.15, 0.2) is 0 Å². The maximum absolute atomic E-state index is 12.3. The number of carbonyl (C=O) groups excluding carboxylic acids is 1. The first-order chi connectivity index (χ1) is 9.65. The third kappa shape index (κ3) is 6.20. The molecule has 20 heavy (non-hydrogen) atoms. The zero-order valence-corrected chi connectivity index (χ0v) is 13.0. The lowest BCUT2D eigenvalue weighted by Gasteiger charge is -2.20. The lowest BCUT2D eigenvalue weighted by Crippen LogP contribution is -2.38. The van der Waals surface area contributed by atoms with Crippen molar-refractivity contribution in [2.24, 2.45) is 11.8 Å². The molecule has 0 saturated carbocycles. The van der Waals surface area contributed by atoms with Gasteiger partial charge in [-0.25, -0.2) is 0 Å². The molecule has 0 bridgehead atoms. The third-order valence-electron chi connectivity index (χ3n) is 3.47. The smallest absolute Gasteiger partial charge is 0.223 e.